The number of unbranched alkanes of at least 4 members (excludes halogenated alkanes) is 2. The van der Waals surface area contributed by atoms with Gasteiger partial charge in [-0.25, -0.2) is 4.79 Å². The number of carbonyl (C=O) groups excluding carboxylic acids is 1. The van der Waals surface area contributed by atoms with Gasteiger partial charge in [-0.2, -0.15) is 0 Å². The van der Waals surface area contributed by atoms with Crippen LogP contribution in [0.15, 0.2) is 27.5 Å². The number of carbonyl (C=O) groups is 1. The van der Waals surface area contributed by atoms with Gasteiger partial charge in [0.25, 0.3) is 5.56 Å². The molecule has 1 aromatic carbocycles. The van der Waals surface area contributed by atoms with Gasteiger partial charge in [-0.05, 0) is 31.5 Å². The van der Waals surface area contributed by atoms with Gasteiger partial charge in [0.05, 0.1) is 12.1 Å². The van der Waals surface area contributed by atoms with E-state index in [0.717, 1.165) is 23.7 Å². The van der Waals surface area contributed by atoms with E-state index in [9.17, 15) is 14.7 Å². The van der Waals surface area contributed by atoms with Crippen molar-refractivity contribution in [2.75, 3.05) is 6.61 Å². The summed E-state index contributed by atoms with van der Waals surface area (Å²) in [5.74, 6) is -1.11. The van der Waals surface area contributed by atoms with E-state index in [-0.39, 0.29) is 17.9 Å². The Morgan fingerprint density at radius 2 is 2.04 bits per heavy atom. The summed E-state index contributed by atoms with van der Waals surface area (Å²) >= 11 is 3.35. The fourth-order valence-corrected chi connectivity index (χ4v) is 2.90. The van der Waals surface area contributed by atoms with Gasteiger partial charge in [-0.3, -0.25) is 4.79 Å². The Kier molecular flexibility index (Phi) is 5.82. The third-order valence-electron chi connectivity index (χ3n) is 3.67. The fraction of sp³-hybridized carbons (Fsp3) is 0.412. The van der Waals surface area contributed by atoms with Gasteiger partial charge in [0.2, 0.25) is 0 Å². The molecule has 0 unspecified atom stereocenters. The summed E-state index contributed by atoms with van der Waals surface area (Å²) in [6, 6.07) is 5.27. The molecule has 0 atom stereocenters. The minimum Gasteiger partial charge on any atom is -0.506 e. The molecule has 1 aromatic heterocycles. The van der Waals surface area contributed by atoms with Crippen LogP contribution < -0.4 is 5.56 Å². The lowest BCUT2D eigenvalue weighted by atomic mass is 10.1. The van der Waals surface area contributed by atoms with Gasteiger partial charge in [0, 0.05) is 16.4 Å². The molecule has 0 saturated carbocycles. The van der Waals surface area contributed by atoms with E-state index < -0.39 is 11.5 Å². The van der Waals surface area contributed by atoms with Gasteiger partial charge in [0.15, 0.2) is 5.56 Å². The first kappa shape index (κ1) is 17.5. The highest BCUT2D eigenvalue weighted by molar-refractivity contribution is 9.10. The Morgan fingerprint density at radius 3 is 2.70 bits per heavy atom. The molecule has 23 heavy (non-hydrogen) atoms. The molecule has 2 rings (SSSR count). The Hall–Kier alpha value is -1.82. The maximum atomic E-state index is 12.7. The van der Waals surface area contributed by atoms with Crippen LogP contribution in [0, 0.1) is 0 Å². The highest BCUT2D eigenvalue weighted by Gasteiger charge is 2.23. The maximum Gasteiger partial charge on any atom is 0.347 e. The molecular formula is C17H20BrNO4. The van der Waals surface area contributed by atoms with E-state index in [0.29, 0.717) is 17.4 Å². The van der Waals surface area contributed by atoms with E-state index >= 15 is 0 Å². The topological polar surface area (TPSA) is 68.5 Å². The van der Waals surface area contributed by atoms with Crippen LogP contribution in [0.5, 0.6) is 5.75 Å². The molecule has 6 heteroatoms. The average Bonchev–Trinajstić information content (AvgIpc) is 2.51. The van der Waals surface area contributed by atoms with Crippen LogP contribution in [-0.2, 0) is 11.3 Å². The second kappa shape index (κ2) is 7.64. The smallest absolute Gasteiger partial charge is 0.347 e. The van der Waals surface area contributed by atoms with Crippen LogP contribution in [0.4, 0.5) is 0 Å². The van der Waals surface area contributed by atoms with Gasteiger partial charge in [-0.1, -0.05) is 35.7 Å². The minimum absolute atomic E-state index is 0.143. The van der Waals surface area contributed by atoms with Crippen LogP contribution in [0.2, 0.25) is 0 Å². The molecule has 0 bridgehead atoms. The number of hydrogen-bond acceptors (Lipinski definition) is 4. The fourth-order valence-electron chi connectivity index (χ4n) is 2.54. The van der Waals surface area contributed by atoms with Crippen molar-refractivity contribution in [3.05, 3.63) is 38.6 Å². The lowest BCUT2D eigenvalue weighted by molar-refractivity contribution is 0.0520. The SMILES string of the molecule is CCCCCn1c(=O)c(C(=O)OCC)c(O)c2cc(Br)ccc21. The number of nitrogens with zero attached hydrogens (tertiary/aromatic N) is 1. The lowest BCUT2D eigenvalue weighted by Gasteiger charge is -2.14. The van der Waals surface area contributed by atoms with Crippen LogP contribution >= 0.6 is 15.9 Å². The zero-order valence-electron chi connectivity index (χ0n) is 13.3. The quantitative estimate of drug-likeness (QED) is 0.609. The summed E-state index contributed by atoms with van der Waals surface area (Å²) in [6.07, 6.45) is 2.84. The van der Waals surface area contributed by atoms with Crippen molar-refractivity contribution in [3.8, 4) is 5.75 Å². The molecule has 0 spiro atoms. The molecule has 0 saturated heterocycles. The van der Waals surface area contributed by atoms with E-state index in [1.54, 1.807) is 23.6 Å². The number of rotatable bonds is 6. The normalized spacial score (nSPS) is 10.9. The Labute approximate surface area is 143 Å². The number of benzene rings is 1. The molecule has 0 aliphatic carbocycles. The Bertz CT molecular complexity index is 782. The van der Waals surface area contributed by atoms with Gasteiger partial charge in [-0.15, -0.1) is 0 Å². The molecular weight excluding hydrogens is 362 g/mol. The summed E-state index contributed by atoms with van der Waals surface area (Å²) in [5.41, 5.74) is -0.194. The van der Waals surface area contributed by atoms with Gasteiger partial charge in [0.1, 0.15) is 5.75 Å². The molecule has 5 nitrogen and oxygen atoms in total. The molecule has 0 fully saturated rings. The summed E-state index contributed by atoms with van der Waals surface area (Å²) in [6.45, 7) is 4.38. The molecule has 1 N–H and O–H groups in total. The zero-order valence-corrected chi connectivity index (χ0v) is 14.9. The number of esters is 1. The van der Waals surface area contributed by atoms with Crippen molar-refractivity contribution in [3.63, 3.8) is 0 Å². The van der Waals surface area contributed by atoms with Crippen molar-refractivity contribution < 1.29 is 14.6 Å². The minimum atomic E-state index is -0.791. The second-order valence-electron chi connectivity index (χ2n) is 5.27. The number of ether oxygens (including phenoxy) is 1. The largest absolute Gasteiger partial charge is 0.506 e. The molecule has 124 valence electrons. The average molecular weight is 382 g/mol. The van der Waals surface area contributed by atoms with Crippen LogP contribution in [-0.4, -0.2) is 22.2 Å². The first-order valence-electron chi connectivity index (χ1n) is 7.73. The van der Waals surface area contributed by atoms with E-state index in [2.05, 4.69) is 22.9 Å². The predicted octanol–water partition coefficient (Wildman–Crippen LogP) is 3.84. The second-order valence-corrected chi connectivity index (χ2v) is 6.19. The van der Waals surface area contributed by atoms with Crippen LogP contribution in [0.3, 0.4) is 0 Å². The summed E-state index contributed by atoms with van der Waals surface area (Å²) in [7, 11) is 0. The maximum absolute atomic E-state index is 12.7. The third kappa shape index (κ3) is 3.58. The molecule has 2 aromatic rings. The molecule has 1 heterocycles. The Balaban J connectivity index is 2.70. The summed E-state index contributed by atoms with van der Waals surface area (Å²) in [5, 5.41) is 10.9. The first-order chi connectivity index (χ1) is 11.0. The number of aromatic hydroxyl groups is 1. The monoisotopic (exact) mass is 381 g/mol. The van der Waals surface area contributed by atoms with Crippen LogP contribution in [0.1, 0.15) is 43.5 Å². The number of aryl methyl sites for hydroxylation is 1. The highest BCUT2D eigenvalue weighted by Crippen LogP contribution is 2.29. The molecule has 0 aliphatic heterocycles. The third-order valence-corrected chi connectivity index (χ3v) is 4.16. The summed E-state index contributed by atoms with van der Waals surface area (Å²) in [4.78, 5) is 24.8. The predicted molar refractivity (Wildman–Crippen MR) is 93.1 cm³/mol. The first-order valence-corrected chi connectivity index (χ1v) is 8.52. The molecule has 0 aliphatic rings. The standard InChI is InChI=1S/C17H20BrNO4/c1-3-5-6-9-19-13-8-7-11(18)10-12(13)15(20)14(16(19)21)17(22)23-4-2/h7-8,10,20H,3-6,9H2,1-2H3. The Morgan fingerprint density at radius 1 is 1.30 bits per heavy atom. The van der Waals surface area contributed by atoms with Crippen molar-refractivity contribution in [2.24, 2.45) is 0 Å². The van der Waals surface area contributed by atoms with E-state index in [1.807, 2.05) is 6.07 Å². The number of aromatic nitrogens is 1. The molecule has 0 radical (unpaired) electrons. The highest BCUT2D eigenvalue weighted by atomic mass is 79.9. The van der Waals surface area contributed by atoms with Crippen molar-refractivity contribution in [1.29, 1.82) is 0 Å². The van der Waals surface area contributed by atoms with E-state index in [4.69, 9.17) is 4.74 Å². The van der Waals surface area contributed by atoms with Crippen molar-refractivity contribution in [1.82, 2.24) is 4.57 Å². The van der Waals surface area contributed by atoms with Crippen molar-refractivity contribution >= 4 is 32.8 Å². The lowest BCUT2D eigenvalue weighted by Crippen LogP contribution is -2.28. The van der Waals surface area contributed by atoms with Gasteiger partial charge < -0.3 is 14.4 Å². The summed E-state index contributed by atoms with van der Waals surface area (Å²) < 4.78 is 7.23. The van der Waals surface area contributed by atoms with Gasteiger partial charge >= 0.3 is 5.97 Å². The zero-order chi connectivity index (χ0) is 17.0. The molecule has 0 amide bonds. The number of pyridine rings is 1. The number of hydrogen-bond donors (Lipinski definition) is 1. The number of fused-ring (bicyclic) bond motifs is 1. The number of halogens is 1. The van der Waals surface area contributed by atoms with E-state index in [1.165, 1.54) is 0 Å². The van der Waals surface area contributed by atoms with Crippen molar-refractivity contribution in [2.45, 2.75) is 39.7 Å². The van der Waals surface area contributed by atoms with Crippen LogP contribution in [0.25, 0.3) is 10.9 Å².